The zero-order valence-corrected chi connectivity index (χ0v) is 16.6. The van der Waals surface area contributed by atoms with Crippen LogP contribution in [0.25, 0.3) is 0 Å². The van der Waals surface area contributed by atoms with Gasteiger partial charge in [-0.05, 0) is 49.9 Å². The summed E-state index contributed by atoms with van der Waals surface area (Å²) in [5.41, 5.74) is 1.99. The molecule has 2 amide bonds. The lowest BCUT2D eigenvalue weighted by molar-refractivity contribution is -0.114. The smallest absolute Gasteiger partial charge is 0.345 e. The van der Waals surface area contributed by atoms with Gasteiger partial charge in [0.15, 0.2) is 0 Å². The van der Waals surface area contributed by atoms with Crippen molar-refractivity contribution in [3.05, 3.63) is 45.6 Å². The third-order valence-electron chi connectivity index (χ3n) is 4.98. The minimum Gasteiger partial charge on any atom is -0.349 e. The Morgan fingerprint density at radius 3 is 2.75 bits per heavy atom. The van der Waals surface area contributed by atoms with Gasteiger partial charge in [0.1, 0.15) is 5.82 Å². The molecular formula is C20H27N5O3. The van der Waals surface area contributed by atoms with Crippen molar-refractivity contribution in [2.75, 3.05) is 5.32 Å². The predicted octanol–water partition coefficient (Wildman–Crippen LogP) is 1.86. The van der Waals surface area contributed by atoms with E-state index in [0.29, 0.717) is 37.2 Å². The van der Waals surface area contributed by atoms with Crippen LogP contribution >= 0.6 is 0 Å². The van der Waals surface area contributed by atoms with Gasteiger partial charge in [-0.2, -0.15) is 5.10 Å². The maximum Gasteiger partial charge on any atom is 0.345 e. The summed E-state index contributed by atoms with van der Waals surface area (Å²) in [6.07, 6.45) is 2.98. The number of aryl methyl sites for hydroxylation is 3. The molecule has 2 heterocycles. The highest BCUT2D eigenvalue weighted by molar-refractivity contribution is 5.97. The lowest BCUT2D eigenvalue weighted by Gasteiger charge is -2.17. The number of amides is 2. The minimum atomic E-state index is -0.148. The van der Waals surface area contributed by atoms with Gasteiger partial charge in [-0.1, -0.05) is 6.92 Å². The monoisotopic (exact) mass is 385 g/mol. The van der Waals surface area contributed by atoms with Crippen LogP contribution in [0.15, 0.2) is 23.0 Å². The van der Waals surface area contributed by atoms with Crippen molar-refractivity contribution in [2.45, 2.75) is 65.6 Å². The van der Waals surface area contributed by atoms with E-state index in [0.717, 1.165) is 24.2 Å². The molecule has 0 bridgehead atoms. The predicted molar refractivity (Wildman–Crippen MR) is 106 cm³/mol. The van der Waals surface area contributed by atoms with Gasteiger partial charge >= 0.3 is 5.69 Å². The second-order valence-electron chi connectivity index (χ2n) is 7.28. The Balaban J connectivity index is 1.65. The third-order valence-corrected chi connectivity index (χ3v) is 4.98. The number of fused-ring (bicyclic) bond motifs is 1. The van der Waals surface area contributed by atoms with Gasteiger partial charge in [-0.3, -0.25) is 14.2 Å². The Morgan fingerprint density at radius 2 is 2.07 bits per heavy atom. The van der Waals surface area contributed by atoms with E-state index in [1.807, 2.05) is 13.8 Å². The molecule has 8 nitrogen and oxygen atoms in total. The molecule has 1 aliphatic rings. The van der Waals surface area contributed by atoms with Crippen LogP contribution in [0.4, 0.5) is 5.69 Å². The number of aromatic nitrogens is 3. The van der Waals surface area contributed by atoms with Gasteiger partial charge in [0.25, 0.3) is 5.91 Å². The average molecular weight is 385 g/mol. The molecule has 0 aliphatic carbocycles. The van der Waals surface area contributed by atoms with E-state index >= 15 is 0 Å². The average Bonchev–Trinajstić information content (AvgIpc) is 2.79. The molecule has 2 N–H and O–H groups in total. The van der Waals surface area contributed by atoms with Crippen molar-refractivity contribution in [3.63, 3.8) is 0 Å². The first-order valence-corrected chi connectivity index (χ1v) is 9.74. The normalized spacial score (nSPS) is 16.2. The standard InChI is InChI=1S/C20H27N5O3/c1-4-10-25-20(28)24-11-9-15(6-8-18(24)23-25)22-19(27)17-7-5-16(12-13(17)2)21-14(3)26/h5,7,12,15H,4,6,8-11H2,1-3H3,(H,21,26)(H,22,27). The zero-order chi connectivity index (χ0) is 20.3. The second kappa shape index (κ2) is 8.41. The number of carbonyl (C=O) groups is 2. The summed E-state index contributed by atoms with van der Waals surface area (Å²) >= 11 is 0. The van der Waals surface area contributed by atoms with Crippen molar-refractivity contribution < 1.29 is 9.59 Å². The summed E-state index contributed by atoms with van der Waals surface area (Å²) in [6.45, 7) is 6.51. The molecule has 0 fully saturated rings. The van der Waals surface area contributed by atoms with Crippen LogP contribution < -0.4 is 16.3 Å². The largest absolute Gasteiger partial charge is 0.349 e. The van der Waals surface area contributed by atoms with Gasteiger partial charge in [0.05, 0.1) is 0 Å². The summed E-state index contributed by atoms with van der Waals surface area (Å²) in [5, 5.41) is 10.2. The lowest BCUT2D eigenvalue weighted by atomic mass is 10.0. The Kier molecular flexibility index (Phi) is 5.96. The molecule has 0 saturated carbocycles. The van der Waals surface area contributed by atoms with Gasteiger partial charge in [0.2, 0.25) is 5.91 Å². The molecule has 3 rings (SSSR count). The van der Waals surface area contributed by atoms with Gasteiger partial charge in [-0.25, -0.2) is 9.48 Å². The maximum atomic E-state index is 12.7. The number of hydrogen-bond donors (Lipinski definition) is 2. The van der Waals surface area contributed by atoms with Crippen molar-refractivity contribution in [1.29, 1.82) is 0 Å². The first-order valence-electron chi connectivity index (χ1n) is 9.74. The molecule has 8 heteroatoms. The van der Waals surface area contributed by atoms with E-state index in [-0.39, 0.29) is 23.5 Å². The van der Waals surface area contributed by atoms with Gasteiger partial charge in [0, 0.05) is 43.7 Å². The van der Waals surface area contributed by atoms with E-state index in [1.165, 1.54) is 11.6 Å². The SMILES string of the molecule is CCCn1nc2n(c1=O)CCC(NC(=O)c1ccc(NC(C)=O)cc1C)CC2. The highest BCUT2D eigenvalue weighted by atomic mass is 16.2. The highest BCUT2D eigenvalue weighted by Gasteiger charge is 2.22. The van der Waals surface area contributed by atoms with Crippen molar-refractivity contribution in [2.24, 2.45) is 0 Å². The molecule has 0 spiro atoms. The minimum absolute atomic E-state index is 0.0114. The number of nitrogens with one attached hydrogen (secondary N) is 2. The molecule has 0 radical (unpaired) electrons. The van der Waals surface area contributed by atoms with E-state index in [1.54, 1.807) is 22.8 Å². The summed E-state index contributed by atoms with van der Waals surface area (Å²) in [4.78, 5) is 36.3. The van der Waals surface area contributed by atoms with Crippen LogP contribution in [0.3, 0.4) is 0 Å². The van der Waals surface area contributed by atoms with Crippen molar-refractivity contribution >= 4 is 17.5 Å². The Morgan fingerprint density at radius 1 is 1.29 bits per heavy atom. The van der Waals surface area contributed by atoms with Crippen LogP contribution in [0.2, 0.25) is 0 Å². The number of carbonyl (C=O) groups excluding carboxylic acids is 2. The van der Waals surface area contributed by atoms with Crippen LogP contribution in [-0.2, 0) is 24.3 Å². The zero-order valence-electron chi connectivity index (χ0n) is 16.6. The van der Waals surface area contributed by atoms with Gasteiger partial charge in [-0.15, -0.1) is 0 Å². The summed E-state index contributed by atoms with van der Waals surface area (Å²) < 4.78 is 3.27. The van der Waals surface area contributed by atoms with Crippen molar-refractivity contribution in [3.8, 4) is 0 Å². The molecule has 1 atom stereocenters. The van der Waals surface area contributed by atoms with Gasteiger partial charge < -0.3 is 10.6 Å². The van der Waals surface area contributed by atoms with Crippen LogP contribution in [-0.4, -0.2) is 32.2 Å². The number of benzene rings is 1. The van der Waals surface area contributed by atoms with Crippen LogP contribution in [0, 0.1) is 6.92 Å². The fourth-order valence-electron chi connectivity index (χ4n) is 3.59. The third kappa shape index (κ3) is 4.32. The summed E-state index contributed by atoms with van der Waals surface area (Å²) in [6, 6.07) is 5.22. The topological polar surface area (TPSA) is 98.0 Å². The van der Waals surface area contributed by atoms with E-state index < -0.39 is 0 Å². The molecule has 0 saturated heterocycles. The fraction of sp³-hybridized carbons (Fsp3) is 0.500. The van der Waals surface area contributed by atoms with Crippen molar-refractivity contribution in [1.82, 2.24) is 19.7 Å². The summed E-state index contributed by atoms with van der Waals surface area (Å²) in [5.74, 6) is 0.511. The quantitative estimate of drug-likeness (QED) is 0.821. The Labute approximate surface area is 163 Å². The molecule has 1 aliphatic heterocycles. The summed E-state index contributed by atoms with van der Waals surface area (Å²) in [7, 11) is 0. The number of hydrogen-bond acceptors (Lipinski definition) is 4. The van der Waals surface area contributed by atoms with Crippen LogP contribution in [0.5, 0.6) is 0 Å². The van der Waals surface area contributed by atoms with E-state index in [2.05, 4.69) is 15.7 Å². The number of anilines is 1. The molecule has 2 aromatic rings. The molecular weight excluding hydrogens is 358 g/mol. The lowest BCUT2D eigenvalue weighted by Crippen LogP contribution is -2.36. The number of rotatable bonds is 5. The van der Waals surface area contributed by atoms with E-state index in [4.69, 9.17) is 0 Å². The van der Waals surface area contributed by atoms with Crippen LogP contribution in [0.1, 0.15) is 54.9 Å². The second-order valence-corrected chi connectivity index (χ2v) is 7.28. The molecule has 150 valence electrons. The Hall–Kier alpha value is -2.90. The first kappa shape index (κ1) is 19.9. The Bertz CT molecular complexity index is 944. The van der Waals surface area contributed by atoms with E-state index in [9.17, 15) is 14.4 Å². The maximum absolute atomic E-state index is 12.7. The fourth-order valence-corrected chi connectivity index (χ4v) is 3.59. The highest BCUT2D eigenvalue weighted by Crippen LogP contribution is 2.17. The first-order chi connectivity index (χ1) is 13.4. The molecule has 1 aromatic carbocycles. The molecule has 28 heavy (non-hydrogen) atoms. The molecule has 1 unspecified atom stereocenters. The number of nitrogens with zero attached hydrogens (tertiary/aromatic N) is 3. The molecule has 1 aromatic heterocycles.